The summed E-state index contributed by atoms with van der Waals surface area (Å²) in [6.07, 6.45) is -0.404. The summed E-state index contributed by atoms with van der Waals surface area (Å²) < 4.78 is 6.18. The summed E-state index contributed by atoms with van der Waals surface area (Å²) in [5, 5.41) is 11.7. The van der Waals surface area contributed by atoms with Gasteiger partial charge in [-0.25, -0.2) is 0 Å². The quantitative estimate of drug-likeness (QED) is 0.640. The Balaban J connectivity index is 2.17. The standard InChI is InChI=1S/C22H21O4P/c23-21(24)16-17-22(25)26-27(18-10-4-1-5-11-18,19-12-6-2-7-13-19)20-14-8-3-9-15-20/h1-15,27H,16-17H2,(H,23,24). The van der Waals surface area contributed by atoms with Gasteiger partial charge in [0.05, 0.1) is 0 Å². The zero-order valence-electron chi connectivity index (χ0n) is 14.7. The van der Waals surface area contributed by atoms with E-state index in [4.69, 9.17) is 9.63 Å². The zero-order chi connectivity index (χ0) is 19.1. The van der Waals surface area contributed by atoms with E-state index in [0.717, 1.165) is 15.9 Å². The maximum atomic E-state index is 12.6. The first kappa shape index (κ1) is 18.8. The van der Waals surface area contributed by atoms with Gasteiger partial charge in [-0.05, 0) is 0 Å². The van der Waals surface area contributed by atoms with Crippen LogP contribution in [0.3, 0.4) is 0 Å². The second kappa shape index (κ2) is 8.61. The molecular weight excluding hydrogens is 359 g/mol. The van der Waals surface area contributed by atoms with Crippen molar-refractivity contribution in [2.45, 2.75) is 12.8 Å². The number of carbonyl (C=O) groups is 2. The van der Waals surface area contributed by atoms with Crippen LogP contribution in [0.5, 0.6) is 0 Å². The topological polar surface area (TPSA) is 63.6 Å². The summed E-state index contributed by atoms with van der Waals surface area (Å²) in [4.78, 5) is 23.5. The Kier molecular flexibility index (Phi) is 6.00. The number of hydrogen-bond donors (Lipinski definition) is 1. The normalized spacial score (nSPS) is 11.6. The average Bonchev–Trinajstić information content (AvgIpc) is 2.72. The molecule has 0 amide bonds. The first-order valence-corrected chi connectivity index (χ1v) is 10.6. The summed E-state index contributed by atoms with van der Waals surface area (Å²) in [5.74, 6) is -1.51. The van der Waals surface area contributed by atoms with E-state index >= 15 is 0 Å². The van der Waals surface area contributed by atoms with Gasteiger partial charge < -0.3 is 0 Å². The second-order valence-corrected chi connectivity index (χ2v) is 9.45. The van der Waals surface area contributed by atoms with Gasteiger partial charge in [-0.1, -0.05) is 0 Å². The van der Waals surface area contributed by atoms with Crippen molar-refractivity contribution in [3.8, 4) is 0 Å². The zero-order valence-corrected chi connectivity index (χ0v) is 15.7. The van der Waals surface area contributed by atoms with Crippen LogP contribution in [-0.4, -0.2) is 17.0 Å². The van der Waals surface area contributed by atoms with E-state index in [1.165, 1.54) is 0 Å². The van der Waals surface area contributed by atoms with Gasteiger partial charge in [0.2, 0.25) is 0 Å². The predicted molar refractivity (Wildman–Crippen MR) is 110 cm³/mol. The summed E-state index contributed by atoms with van der Waals surface area (Å²) in [6, 6.07) is 29.1. The van der Waals surface area contributed by atoms with Crippen molar-refractivity contribution in [3.05, 3.63) is 91.0 Å². The average molecular weight is 380 g/mol. The van der Waals surface area contributed by atoms with E-state index in [2.05, 4.69) is 0 Å². The number of rotatable bonds is 7. The van der Waals surface area contributed by atoms with Crippen LogP contribution in [0.25, 0.3) is 0 Å². The summed E-state index contributed by atoms with van der Waals surface area (Å²) in [5.41, 5.74) is 0. The van der Waals surface area contributed by atoms with Gasteiger partial charge in [0.1, 0.15) is 0 Å². The first-order valence-electron chi connectivity index (χ1n) is 8.73. The Hall–Kier alpha value is -2.97. The molecule has 0 heterocycles. The predicted octanol–water partition coefficient (Wildman–Crippen LogP) is 3.04. The fourth-order valence-corrected chi connectivity index (χ4v) is 6.91. The van der Waals surface area contributed by atoms with Gasteiger partial charge in [0.15, 0.2) is 0 Å². The molecule has 3 aromatic rings. The molecule has 0 radical (unpaired) electrons. The minimum absolute atomic E-state index is 0.156. The summed E-state index contributed by atoms with van der Waals surface area (Å²) in [7, 11) is -3.10. The fourth-order valence-electron chi connectivity index (χ4n) is 3.13. The van der Waals surface area contributed by atoms with Gasteiger partial charge >= 0.3 is 158 Å². The van der Waals surface area contributed by atoms with E-state index in [-0.39, 0.29) is 12.8 Å². The van der Waals surface area contributed by atoms with Gasteiger partial charge in [-0.15, -0.1) is 0 Å². The third kappa shape index (κ3) is 4.24. The van der Waals surface area contributed by atoms with Crippen molar-refractivity contribution >= 4 is 35.3 Å². The minimum atomic E-state index is -3.10. The monoisotopic (exact) mass is 380 g/mol. The van der Waals surface area contributed by atoms with Crippen LogP contribution in [0.1, 0.15) is 12.8 Å². The molecule has 27 heavy (non-hydrogen) atoms. The Bertz CT molecular complexity index is 799. The SMILES string of the molecule is O=C(O)CCC(=O)O[PH](c1ccccc1)(c1ccccc1)c1ccccc1. The van der Waals surface area contributed by atoms with Gasteiger partial charge in [-0.3, -0.25) is 0 Å². The molecule has 0 aliphatic carbocycles. The van der Waals surface area contributed by atoms with E-state index < -0.39 is 19.4 Å². The van der Waals surface area contributed by atoms with Gasteiger partial charge in [-0.2, -0.15) is 0 Å². The molecule has 0 atom stereocenters. The Morgan fingerprint density at radius 3 is 1.37 bits per heavy atom. The molecule has 0 unspecified atom stereocenters. The van der Waals surface area contributed by atoms with Crippen LogP contribution in [0.4, 0.5) is 0 Å². The van der Waals surface area contributed by atoms with Gasteiger partial charge in [0, 0.05) is 0 Å². The number of benzene rings is 3. The van der Waals surface area contributed by atoms with Crippen molar-refractivity contribution in [2.24, 2.45) is 0 Å². The molecule has 0 spiro atoms. The summed E-state index contributed by atoms with van der Waals surface area (Å²) >= 11 is 0. The molecule has 1 N–H and O–H groups in total. The molecule has 0 saturated heterocycles. The van der Waals surface area contributed by atoms with Crippen LogP contribution in [0, 0.1) is 0 Å². The Labute approximate surface area is 158 Å². The molecule has 0 aromatic heterocycles. The van der Waals surface area contributed by atoms with Crippen molar-refractivity contribution < 1.29 is 19.2 Å². The van der Waals surface area contributed by atoms with E-state index in [1.54, 1.807) is 0 Å². The molecule has 138 valence electrons. The number of hydrogen-bond acceptors (Lipinski definition) is 3. The molecule has 0 bridgehead atoms. The molecule has 0 saturated carbocycles. The van der Waals surface area contributed by atoms with Crippen molar-refractivity contribution in [2.75, 3.05) is 0 Å². The van der Waals surface area contributed by atoms with Crippen molar-refractivity contribution in [3.63, 3.8) is 0 Å². The molecule has 4 nitrogen and oxygen atoms in total. The van der Waals surface area contributed by atoms with E-state index in [0.29, 0.717) is 0 Å². The van der Waals surface area contributed by atoms with Crippen LogP contribution in [-0.2, 0) is 14.1 Å². The maximum absolute atomic E-state index is 12.6. The number of carbonyl (C=O) groups excluding carboxylic acids is 1. The van der Waals surface area contributed by atoms with E-state index in [1.807, 2.05) is 91.0 Å². The Morgan fingerprint density at radius 2 is 1.04 bits per heavy atom. The number of aliphatic carboxylic acids is 1. The first-order chi connectivity index (χ1) is 13.1. The van der Waals surface area contributed by atoms with Crippen LogP contribution in [0.15, 0.2) is 91.0 Å². The van der Waals surface area contributed by atoms with Crippen LogP contribution in [0.2, 0.25) is 0 Å². The van der Waals surface area contributed by atoms with Crippen molar-refractivity contribution in [1.29, 1.82) is 0 Å². The second-order valence-electron chi connectivity index (χ2n) is 6.15. The molecule has 3 rings (SSSR count). The molecule has 5 heteroatoms. The van der Waals surface area contributed by atoms with Crippen LogP contribution < -0.4 is 15.9 Å². The molecule has 0 aliphatic heterocycles. The molecule has 0 aliphatic rings. The molecular formula is C22H21O4P. The Morgan fingerprint density at radius 1 is 0.667 bits per heavy atom. The van der Waals surface area contributed by atoms with Crippen LogP contribution >= 0.6 is 7.49 Å². The molecule has 0 fully saturated rings. The summed E-state index contributed by atoms with van der Waals surface area (Å²) in [6.45, 7) is 0. The number of carboxylic acids is 1. The molecule has 3 aromatic carbocycles. The van der Waals surface area contributed by atoms with Gasteiger partial charge in [0.25, 0.3) is 0 Å². The third-order valence-corrected chi connectivity index (χ3v) is 8.32. The third-order valence-electron chi connectivity index (χ3n) is 4.35. The van der Waals surface area contributed by atoms with Crippen molar-refractivity contribution in [1.82, 2.24) is 0 Å². The number of carboxylic acid groups (broad SMARTS) is 1. The van der Waals surface area contributed by atoms with E-state index in [9.17, 15) is 9.59 Å². The fraction of sp³-hybridized carbons (Fsp3) is 0.0909.